The summed E-state index contributed by atoms with van der Waals surface area (Å²) in [7, 11) is 0. The Morgan fingerprint density at radius 2 is 1.67 bits per heavy atom. The average Bonchev–Trinajstić information content (AvgIpc) is 3.33. The van der Waals surface area contributed by atoms with Crippen molar-refractivity contribution in [3.05, 3.63) is 42.0 Å². The van der Waals surface area contributed by atoms with Crippen molar-refractivity contribution in [2.24, 2.45) is 23.7 Å². The number of hydrogen-bond acceptors (Lipinski definition) is 3. The smallest absolute Gasteiger partial charge is 0.244 e. The molecule has 1 N–H and O–H groups in total. The van der Waals surface area contributed by atoms with Crippen LogP contribution in [0, 0.1) is 23.7 Å². The molecular formula is C22H26N2O3. The summed E-state index contributed by atoms with van der Waals surface area (Å²) in [5, 5.41) is 2.81. The van der Waals surface area contributed by atoms with Gasteiger partial charge in [-0.3, -0.25) is 19.3 Å². The number of carbonyl (C=O) groups excluding carboxylic acids is 3. The van der Waals surface area contributed by atoms with Crippen LogP contribution in [-0.4, -0.2) is 29.2 Å². The Balaban J connectivity index is 1.33. The monoisotopic (exact) mass is 366 g/mol. The SMILES string of the molecule is CCCCCc1ccc(NC(=O)CN2C(=O)C3C4C=CC(C4)C3C2=O)cc1. The van der Waals surface area contributed by atoms with E-state index in [1.165, 1.54) is 24.8 Å². The van der Waals surface area contributed by atoms with E-state index in [-0.39, 0.29) is 47.9 Å². The number of hydrogen-bond donors (Lipinski definition) is 1. The first-order valence-electron chi connectivity index (χ1n) is 10.0. The summed E-state index contributed by atoms with van der Waals surface area (Å²) in [5.74, 6) is -0.831. The van der Waals surface area contributed by atoms with Gasteiger partial charge < -0.3 is 5.32 Å². The number of amides is 3. The fourth-order valence-corrected chi connectivity index (χ4v) is 4.80. The first-order valence-corrected chi connectivity index (χ1v) is 10.0. The van der Waals surface area contributed by atoms with Gasteiger partial charge in [-0.2, -0.15) is 0 Å². The minimum absolute atomic E-state index is 0.171. The maximum atomic E-state index is 12.6. The normalized spacial score (nSPS) is 28.1. The van der Waals surface area contributed by atoms with Crippen molar-refractivity contribution in [2.75, 3.05) is 11.9 Å². The molecule has 27 heavy (non-hydrogen) atoms. The minimum Gasteiger partial charge on any atom is -0.325 e. The summed E-state index contributed by atoms with van der Waals surface area (Å²) in [6, 6.07) is 7.80. The largest absolute Gasteiger partial charge is 0.325 e. The van der Waals surface area contributed by atoms with Crippen molar-refractivity contribution >= 4 is 23.4 Å². The molecule has 4 unspecified atom stereocenters. The van der Waals surface area contributed by atoms with E-state index >= 15 is 0 Å². The van der Waals surface area contributed by atoms with Gasteiger partial charge in [0, 0.05) is 5.69 Å². The van der Waals surface area contributed by atoms with Crippen LogP contribution >= 0.6 is 0 Å². The molecule has 3 aliphatic rings. The van der Waals surface area contributed by atoms with Crippen LogP contribution in [0.4, 0.5) is 5.69 Å². The second kappa shape index (κ2) is 7.29. The van der Waals surface area contributed by atoms with Crippen LogP contribution in [0.3, 0.4) is 0 Å². The summed E-state index contributed by atoms with van der Waals surface area (Å²) in [6.07, 6.45) is 9.64. The molecule has 1 saturated heterocycles. The molecule has 0 spiro atoms. The van der Waals surface area contributed by atoms with Gasteiger partial charge in [-0.05, 0) is 48.8 Å². The number of aryl methyl sites for hydroxylation is 1. The van der Waals surface area contributed by atoms with Gasteiger partial charge in [-0.15, -0.1) is 0 Å². The van der Waals surface area contributed by atoms with Crippen LogP contribution in [0.5, 0.6) is 0 Å². The number of nitrogens with one attached hydrogen (secondary N) is 1. The highest BCUT2D eigenvalue weighted by Crippen LogP contribution is 2.52. The van der Waals surface area contributed by atoms with E-state index in [0.29, 0.717) is 5.69 Å². The van der Waals surface area contributed by atoms with Crippen molar-refractivity contribution in [1.82, 2.24) is 4.90 Å². The summed E-state index contributed by atoms with van der Waals surface area (Å²) >= 11 is 0. The number of benzene rings is 1. The molecule has 0 aromatic heterocycles. The minimum atomic E-state index is -0.323. The van der Waals surface area contributed by atoms with E-state index in [1.807, 2.05) is 24.3 Å². The van der Waals surface area contributed by atoms with Gasteiger partial charge in [0.05, 0.1) is 11.8 Å². The van der Waals surface area contributed by atoms with Crippen molar-refractivity contribution in [2.45, 2.75) is 39.0 Å². The van der Waals surface area contributed by atoms with Crippen molar-refractivity contribution in [3.63, 3.8) is 0 Å². The van der Waals surface area contributed by atoms with E-state index < -0.39 is 0 Å². The Labute approximate surface area is 159 Å². The van der Waals surface area contributed by atoms with E-state index in [2.05, 4.69) is 24.4 Å². The van der Waals surface area contributed by atoms with Gasteiger partial charge in [0.25, 0.3) is 0 Å². The van der Waals surface area contributed by atoms with Crippen LogP contribution in [0.15, 0.2) is 36.4 Å². The summed E-state index contributed by atoms with van der Waals surface area (Å²) in [6.45, 7) is 1.99. The lowest BCUT2D eigenvalue weighted by Crippen LogP contribution is -2.39. The number of rotatable bonds is 7. The fourth-order valence-electron chi connectivity index (χ4n) is 4.80. The molecule has 4 rings (SSSR count). The standard InChI is InChI=1S/C22H26N2O3/c1-2-3-4-5-14-6-10-17(11-7-14)23-18(25)13-24-21(26)19-15-8-9-16(12-15)20(19)22(24)27/h6-11,15-16,19-20H,2-5,12-13H2,1H3,(H,23,25). The van der Waals surface area contributed by atoms with Gasteiger partial charge in [0.15, 0.2) is 0 Å². The van der Waals surface area contributed by atoms with Crippen LogP contribution in [-0.2, 0) is 20.8 Å². The molecule has 2 fully saturated rings. The molecule has 4 atom stereocenters. The third kappa shape index (κ3) is 3.31. The van der Waals surface area contributed by atoms with Crippen molar-refractivity contribution in [1.29, 1.82) is 0 Å². The molecule has 0 radical (unpaired) electrons. The fraction of sp³-hybridized carbons (Fsp3) is 0.500. The second-order valence-electron chi connectivity index (χ2n) is 7.96. The second-order valence-corrected chi connectivity index (χ2v) is 7.96. The zero-order valence-electron chi connectivity index (χ0n) is 15.7. The van der Waals surface area contributed by atoms with Gasteiger partial charge >= 0.3 is 0 Å². The Hall–Kier alpha value is -2.43. The van der Waals surface area contributed by atoms with Crippen molar-refractivity contribution in [3.8, 4) is 0 Å². The number of carbonyl (C=O) groups is 3. The Kier molecular flexibility index (Phi) is 4.85. The number of likely N-dealkylation sites (tertiary alicyclic amines) is 1. The van der Waals surface area contributed by atoms with E-state index in [4.69, 9.17) is 0 Å². The first kappa shape index (κ1) is 18.0. The zero-order chi connectivity index (χ0) is 19.0. The molecule has 1 saturated carbocycles. The van der Waals surface area contributed by atoms with Crippen molar-refractivity contribution < 1.29 is 14.4 Å². The molecule has 5 heteroatoms. The number of allylic oxidation sites excluding steroid dienone is 2. The van der Waals surface area contributed by atoms with Crippen LogP contribution in [0.2, 0.25) is 0 Å². The molecule has 2 aliphatic carbocycles. The third-order valence-corrected chi connectivity index (χ3v) is 6.17. The molecule has 1 aromatic carbocycles. The quantitative estimate of drug-likeness (QED) is 0.458. The molecule has 2 bridgehead atoms. The molecular weight excluding hydrogens is 340 g/mol. The highest BCUT2D eigenvalue weighted by atomic mass is 16.2. The number of imide groups is 1. The van der Waals surface area contributed by atoms with Crippen LogP contribution in [0.1, 0.15) is 38.2 Å². The van der Waals surface area contributed by atoms with E-state index in [0.717, 1.165) is 17.7 Å². The Morgan fingerprint density at radius 3 is 2.26 bits per heavy atom. The lowest BCUT2D eigenvalue weighted by molar-refractivity contribution is -0.143. The lowest BCUT2D eigenvalue weighted by Gasteiger charge is -2.17. The van der Waals surface area contributed by atoms with E-state index in [9.17, 15) is 14.4 Å². The van der Waals surface area contributed by atoms with Gasteiger partial charge in [-0.1, -0.05) is 44.1 Å². The summed E-state index contributed by atoms with van der Waals surface area (Å²) in [4.78, 5) is 38.8. The molecule has 1 aromatic rings. The molecule has 3 amide bonds. The zero-order valence-corrected chi connectivity index (χ0v) is 15.7. The lowest BCUT2D eigenvalue weighted by atomic mass is 9.85. The maximum Gasteiger partial charge on any atom is 0.244 e. The number of anilines is 1. The summed E-state index contributed by atoms with van der Waals surface area (Å²) < 4.78 is 0. The Morgan fingerprint density at radius 1 is 1.04 bits per heavy atom. The third-order valence-electron chi connectivity index (χ3n) is 6.17. The molecule has 1 aliphatic heterocycles. The topological polar surface area (TPSA) is 66.5 Å². The predicted octanol–water partition coefficient (Wildman–Crippen LogP) is 3.16. The molecule has 142 valence electrons. The number of unbranched alkanes of at least 4 members (excludes halogenated alkanes) is 2. The summed E-state index contributed by atoms with van der Waals surface area (Å²) in [5.41, 5.74) is 1.95. The molecule has 5 nitrogen and oxygen atoms in total. The highest BCUT2D eigenvalue weighted by Gasteiger charge is 2.59. The highest BCUT2D eigenvalue weighted by molar-refractivity contribution is 6.09. The van der Waals surface area contributed by atoms with Gasteiger partial charge in [0.2, 0.25) is 17.7 Å². The van der Waals surface area contributed by atoms with E-state index in [1.54, 1.807) is 0 Å². The predicted molar refractivity (Wildman–Crippen MR) is 103 cm³/mol. The van der Waals surface area contributed by atoms with Gasteiger partial charge in [0.1, 0.15) is 6.54 Å². The van der Waals surface area contributed by atoms with Crippen LogP contribution < -0.4 is 5.32 Å². The Bertz CT molecular complexity index is 753. The number of fused-ring (bicyclic) bond motifs is 5. The number of nitrogens with zero attached hydrogens (tertiary/aromatic N) is 1. The van der Waals surface area contributed by atoms with Crippen LogP contribution in [0.25, 0.3) is 0 Å². The molecule has 1 heterocycles. The average molecular weight is 366 g/mol. The maximum absolute atomic E-state index is 12.6. The first-order chi connectivity index (χ1) is 13.1. The van der Waals surface area contributed by atoms with Gasteiger partial charge in [-0.25, -0.2) is 0 Å².